The summed E-state index contributed by atoms with van der Waals surface area (Å²) < 4.78 is 1.28. The highest BCUT2D eigenvalue weighted by Crippen LogP contribution is 2.30. The Labute approximate surface area is 100 Å². The van der Waals surface area contributed by atoms with Gasteiger partial charge in [0.05, 0.1) is 17.7 Å². The van der Waals surface area contributed by atoms with Gasteiger partial charge in [0.1, 0.15) is 5.54 Å². The van der Waals surface area contributed by atoms with E-state index in [1.54, 1.807) is 0 Å². The van der Waals surface area contributed by atoms with E-state index in [-0.39, 0.29) is 11.4 Å². The van der Waals surface area contributed by atoms with Crippen LogP contribution in [-0.4, -0.2) is 38.9 Å². The fraction of sp³-hybridized carbons (Fsp3) is 0.500. The zero-order chi connectivity index (χ0) is 12.6. The maximum atomic E-state index is 10.8. The highest BCUT2D eigenvalue weighted by atomic mass is 35.5. The maximum Gasteiger partial charge on any atom is 0.408 e. The SMILES string of the molecule is O=C(O)CC1(n2cc(Cl)c([N+](=O)[O-])n2)CNC1. The van der Waals surface area contributed by atoms with Gasteiger partial charge in [-0.25, -0.2) is 0 Å². The third-order valence-electron chi connectivity index (χ3n) is 2.70. The molecule has 1 aromatic heterocycles. The summed E-state index contributed by atoms with van der Waals surface area (Å²) in [7, 11) is 0. The first-order valence-corrected chi connectivity index (χ1v) is 5.15. The summed E-state index contributed by atoms with van der Waals surface area (Å²) in [5.41, 5.74) is -0.760. The number of rotatable bonds is 4. The van der Waals surface area contributed by atoms with E-state index >= 15 is 0 Å². The van der Waals surface area contributed by atoms with Crippen LogP contribution in [0.5, 0.6) is 0 Å². The van der Waals surface area contributed by atoms with Gasteiger partial charge in [0.15, 0.2) is 5.02 Å². The van der Waals surface area contributed by atoms with Crippen molar-refractivity contribution in [2.75, 3.05) is 13.1 Å². The molecule has 8 nitrogen and oxygen atoms in total. The van der Waals surface area contributed by atoms with Crippen LogP contribution in [-0.2, 0) is 10.3 Å². The fourth-order valence-corrected chi connectivity index (χ4v) is 1.97. The third kappa shape index (κ3) is 1.96. The molecule has 0 radical (unpaired) electrons. The number of nitrogens with one attached hydrogen (secondary N) is 1. The van der Waals surface area contributed by atoms with Crippen LogP contribution >= 0.6 is 11.6 Å². The van der Waals surface area contributed by atoms with Crippen LogP contribution in [0.15, 0.2) is 6.20 Å². The summed E-state index contributed by atoms with van der Waals surface area (Å²) in [6.07, 6.45) is 1.14. The maximum absolute atomic E-state index is 10.8. The number of hydrogen-bond acceptors (Lipinski definition) is 5. The van der Waals surface area contributed by atoms with Gasteiger partial charge in [0, 0.05) is 13.1 Å². The average molecular weight is 261 g/mol. The number of carbonyl (C=O) groups is 1. The van der Waals surface area contributed by atoms with Gasteiger partial charge in [-0.05, 0) is 4.92 Å². The molecule has 0 unspecified atom stereocenters. The topological polar surface area (TPSA) is 110 Å². The van der Waals surface area contributed by atoms with E-state index in [0.29, 0.717) is 13.1 Å². The fourth-order valence-electron chi connectivity index (χ4n) is 1.77. The van der Waals surface area contributed by atoms with E-state index in [4.69, 9.17) is 16.7 Å². The van der Waals surface area contributed by atoms with Crippen LogP contribution in [0, 0.1) is 10.1 Å². The van der Waals surface area contributed by atoms with Crippen molar-refractivity contribution in [3.63, 3.8) is 0 Å². The summed E-state index contributed by atoms with van der Waals surface area (Å²) in [5.74, 6) is -1.44. The molecule has 1 aliphatic rings. The number of nitrogens with zero attached hydrogens (tertiary/aromatic N) is 3. The van der Waals surface area contributed by atoms with Gasteiger partial charge in [-0.15, -0.1) is 0 Å². The number of halogens is 1. The smallest absolute Gasteiger partial charge is 0.408 e. The molecule has 17 heavy (non-hydrogen) atoms. The van der Waals surface area contributed by atoms with E-state index in [0.717, 1.165) is 0 Å². The van der Waals surface area contributed by atoms with Crippen molar-refractivity contribution in [2.45, 2.75) is 12.0 Å². The molecular weight excluding hydrogens is 252 g/mol. The summed E-state index contributed by atoms with van der Waals surface area (Å²) in [6, 6.07) is 0. The number of hydrogen-bond donors (Lipinski definition) is 2. The van der Waals surface area contributed by atoms with Crippen LogP contribution < -0.4 is 5.32 Å². The number of carboxylic acids is 1. The van der Waals surface area contributed by atoms with Gasteiger partial charge in [0.25, 0.3) is 0 Å². The van der Waals surface area contributed by atoms with Gasteiger partial charge in [-0.2, -0.15) is 4.68 Å². The monoisotopic (exact) mass is 260 g/mol. The second-order valence-corrected chi connectivity index (χ2v) is 4.31. The van der Waals surface area contributed by atoms with Crippen molar-refractivity contribution >= 4 is 23.4 Å². The highest BCUT2D eigenvalue weighted by Gasteiger charge is 2.45. The molecule has 2 heterocycles. The van der Waals surface area contributed by atoms with Crippen LogP contribution in [0.1, 0.15) is 6.42 Å². The molecule has 1 saturated heterocycles. The summed E-state index contributed by atoms with van der Waals surface area (Å²) in [4.78, 5) is 20.7. The Morgan fingerprint density at radius 2 is 2.41 bits per heavy atom. The lowest BCUT2D eigenvalue weighted by molar-refractivity contribution is -0.389. The zero-order valence-corrected chi connectivity index (χ0v) is 9.35. The molecule has 9 heteroatoms. The van der Waals surface area contributed by atoms with Crippen LogP contribution in [0.3, 0.4) is 0 Å². The Kier molecular flexibility index (Phi) is 2.76. The Morgan fingerprint density at radius 1 is 1.76 bits per heavy atom. The second kappa shape index (κ2) is 3.97. The molecule has 0 amide bonds. The normalized spacial score (nSPS) is 17.5. The molecule has 2 N–H and O–H groups in total. The lowest BCUT2D eigenvalue weighted by Gasteiger charge is -2.39. The number of carboxylic acid groups (broad SMARTS) is 1. The molecule has 0 saturated carbocycles. The predicted molar refractivity (Wildman–Crippen MR) is 57.0 cm³/mol. The minimum atomic E-state index is -0.985. The number of nitro groups is 1. The van der Waals surface area contributed by atoms with Crippen molar-refractivity contribution < 1.29 is 14.8 Å². The van der Waals surface area contributed by atoms with Crippen molar-refractivity contribution in [1.82, 2.24) is 15.1 Å². The van der Waals surface area contributed by atoms with Gasteiger partial charge in [-0.3, -0.25) is 4.79 Å². The molecule has 1 fully saturated rings. The van der Waals surface area contributed by atoms with Crippen molar-refractivity contribution in [3.05, 3.63) is 21.3 Å². The Morgan fingerprint density at radius 3 is 2.76 bits per heavy atom. The predicted octanol–water partition coefficient (Wildman–Crippen LogP) is 0.218. The van der Waals surface area contributed by atoms with Crippen molar-refractivity contribution in [3.8, 4) is 0 Å². The molecule has 1 aliphatic heterocycles. The molecular formula is C8H9ClN4O4. The van der Waals surface area contributed by atoms with E-state index in [9.17, 15) is 14.9 Å². The van der Waals surface area contributed by atoms with E-state index < -0.39 is 22.2 Å². The Bertz CT molecular complexity index is 482. The minimum absolute atomic E-state index is 0.0911. The van der Waals surface area contributed by atoms with E-state index in [1.165, 1.54) is 10.9 Å². The van der Waals surface area contributed by atoms with Gasteiger partial charge >= 0.3 is 11.8 Å². The lowest BCUT2D eigenvalue weighted by Crippen LogP contribution is -2.61. The summed E-state index contributed by atoms with van der Waals surface area (Å²) >= 11 is 5.67. The van der Waals surface area contributed by atoms with Gasteiger partial charge < -0.3 is 20.5 Å². The molecule has 0 aromatic carbocycles. The Hall–Kier alpha value is -1.67. The van der Waals surface area contributed by atoms with Gasteiger partial charge in [-0.1, -0.05) is 11.6 Å². The molecule has 1 aromatic rings. The van der Waals surface area contributed by atoms with Crippen molar-refractivity contribution in [1.29, 1.82) is 0 Å². The summed E-state index contributed by atoms with van der Waals surface area (Å²) in [6.45, 7) is 0.795. The first kappa shape index (κ1) is 11.8. The minimum Gasteiger partial charge on any atom is -0.481 e. The lowest BCUT2D eigenvalue weighted by atomic mass is 9.89. The highest BCUT2D eigenvalue weighted by molar-refractivity contribution is 6.32. The van der Waals surface area contributed by atoms with Crippen LogP contribution in [0.2, 0.25) is 5.02 Å². The quantitative estimate of drug-likeness (QED) is 0.592. The second-order valence-electron chi connectivity index (χ2n) is 3.90. The van der Waals surface area contributed by atoms with Gasteiger partial charge in [0.2, 0.25) is 0 Å². The third-order valence-corrected chi connectivity index (χ3v) is 2.97. The first-order valence-electron chi connectivity index (χ1n) is 4.77. The van der Waals surface area contributed by atoms with E-state index in [1.807, 2.05) is 0 Å². The molecule has 2 rings (SSSR count). The largest absolute Gasteiger partial charge is 0.481 e. The molecule has 92 valence electrons. The molecule has 0 atom stereocenters. The number of aromatic nitrogens is 2. The molecule has 0 aliphatic carbocycles. The summed E-state index contributed by atoms with van der Waals surface area (Å²) in [5, 5.41) is 26.0. The Balaban J connectivity index is 2.35. The first-order chi connectivity index (χ1) is 7.94. The number of aliphatic carboxylic acids is 1. The zero-order valence-electron chi connectivity index (χ0n) is 8.59. The molecule has 0 spiro atoms. The van der Waals surface area contributed by atoms with E-state index in [2.05, 4.69) is 10.4 Å². The average Bonchev–Trinajstić information content (AvgIpc) is 2.53. The molecule has 0 bridgehead atoms. The standard InChI is InChI=1S/C8H9ClN4O4/c9-5-2-12(11-7(5)13(16)17)8(1-6(14)15)3-10-4-8/h2,10H,1,3-4H2,(H,14,15). The van der Waals surface area contributed by atoms with Crippen LogP contribution in [0.4, 0.5) is 5.82 Å². The van der Waals surface area contributed by atoms with Crippen molar-refractivity contribution in [2.24, 2.45) is 0 Å². The van der Waals surface area contributed by atoms with Crippen LogP contribution in [0.25, 0.3) is 0 Å².